The molecule has 0 heterocycles. The van der Waals surface area contributed by atoms with Crippen molar-refractivity contribution in [2.45, 2.75) is 54.0 Å². The predicted molar refractivity (Wildman–Crippen MR) is 78.5 cm³/mol. The molecule has 3 N–H and O–H groups in total. The molecule has 0 saturated heterocycles. The first kappa shape index (κ1) is 16.8. The highest BCUT2D eigenvalue weighted by Gasteiger charge is 2.64. The molecule has 0 radical (unpaired) electrons. The molecule has 5 heteroatoms. The Morgan fingerprint density at radius 2 is 1.70 bits per heavy atom. The number of carbonyl (C=O) groups excluding carboxylic acids is 1. The van der Waals surface area contributed by atoms with Crippen LogP contribution in [0.5, 0.6) is 0 Å². The van der Waals surface area contributed by atoms with Crippen molar-refractivity contribution in [1.29, 1.82) is 0 Å². The fraction of sp³-hybridized carbons (Fsp3) is 0.867. The van der Waals surface area contributed by atoms with Gasteiger partial charge < -0.3 is 15.7 Å². The summed E-state index contributed by atoms with van der Waals surface area (Å²) in [7, 11) is 0. The number of amides is 2. The van der Waals surface area contributed by atoms with Crippen LogP contribution in [0.3, 0.4) is 0 Å². The molecule has 0 bridgehead atoms. The molecule has 2 atom stereocenters. The average Bonchev–Trinajstić information content (AvgIpc) is 2.72. The molecule has 1 aliphatic carbocycles. The molecule has 1 saturated carbocycles. The summed E-state index contributed by atoms with van der Waals surface area (Å²) in [5.74, 6) is -0.652. The van der Waals surface area contributed by atoms with Crippen LogP contribution in [-0.4, -0.2) is 29.7 Å². The van der Waals surface area contributed by atoms with Crippen molar-refractivity contribution in [3.05, 3.63) is 0 Å². The second kappa shape index (κ2) is 5.62. The van der Waals surface area contributed by atoms with E-state index in [1.807, 2.05) is 13.8 Å². The molecule has 1 fully saturated rings. The van der Waals surface area contributed by atoms with Gasteiger partial charge in [0.15, 0.2) is 0 Å². The van der Waals surface area contributed by atoms with Crippen molar-refractivity contribution in [3.8, 4) is 0 Å². The maximum Gasteiger partial charge on any atom is 0.326 e. The van der Waals surface area contributed by atoms with Crippen molar-refractivity contribution < 1.29 is 14.7 Å². The third-order valence-electron chi connectivity index (χ3n) is 5.55. The Morgan fingerprint density at radius 1 is 1.20 bits per heavy atom. The van der Waals surface area contributed by atoms with Crippen molar-refractivity contribution in [1.82, 2.24) is 10.6 Å². The standard InChI is InChI=1S/C15H28N2O3/c1-7-9(2)11(12(18)19)17-13(20)16-8-10-14(3,4)15(10,5)6/h9-11H,7-8H2,1-6H3,(H,18,19)(H2,16,17,20)/t9-,11-/m0/s1. The zero-order valence-electron chi connectivity index (χ0n) is 13.4. The Labute approximate surface area is 121 Å². The maximum absolute atomic E-state index is 11.8. The lowest BCUT2D eigenvalue weighted by molar-refractivity contribution is -0.140. The van der Waals surface area contributed by atoms with Crippen LogP contribution in [-0.2, 0) is 4.79 Å². The van der Waals surface area contributed by atoms with Gasteiger partial charge in [-0.1, -0.05) is 48.0 Å². The summed E-state index contributed by atoms with van der Waals surface area (Å²) in [6.45, 7) is 13.1. The van der Waals surface area contributed by atoms with Gasteiger partial charge in [0, 0.05) is 6.54 Å². The Kier molecular flexibility index (Phi) is 4.72. The van der Waals surface area contributed by atoms with Crippen LogP contribution in [0.2, 0.25) is 0 Å². The summed E-state index contributed by atoms with van der Waals surface area (Å²) in [4.78, 5) is 23.0. The van der Waals surface area contributed by atoms with E-state index in [1.54, 1.807) is 0 Å². The highest BCUT2D eigenvalue weighted by atomic mass is 16.4. The third kappa shape index (κ3) is 3.07. The van der Waals surface area contributed by atoms with E-state index in [1.165, 1.54) is 0 Å². The van der Waals surface area contributed by atoms with Crippen molar-refractivity contribution in [2.75, 3.05) is 6.54 Å². The summed E-state index contributed by atoms with van der Waals surface area (Å²) in [6.07, 6.45) is 0.708. The van der Waals surface area contributed by atoms with Gasteiger partial charge in [0.05, 0.1) is 0 Å². The Bertz CT molecular complexity index is 377. The lowest BCUT2D eigenvalue weighted by Gasteiger charge is -2.20. The van der Waals surface area contributed by atoms with Gasteiger partial charge >= 0.3 is 12.0 Å². The zero-order valence-corrected chi connectivity index (χ0v) is 13.4. The van der Waals surface area contributed by atoms with E-state index in [0.29, 0.717) is 18.9 Å². The number of hydrogen-bond donors (Lipinski definition) is 3. The summed E-state index contributed by atoms with van der Waals surface area (Å²) in [5.41, 5.74) is 0.423. The topological polar surface area (TPSA) is 78.4 Å². The van der Waals surface area contributed by atoms with Crippen LogP contribution in [0.25, 0.3) is 0 Å². The first-order valence-corrected chi connectivity index (χ1v) is 7.32. The quantitative estimate of drug-likeness (QED) is 0.701. The van der Waals surface area contributed by atoms with E-state index < -0.39 is 18.0 Å². The van der Waals surface area contributed by atoms with Gasteiger partial charge in [-0.3, -0.25) is 0 Å². The monoisotopic (exact) mass is 284 g/mol. The van der Waals surface area contributed by atoms with Crippen molar-refractivity contribution in [2.24, 2.45) is 22.7 Å². The number of aliphatic carboxylic acids is 1. The molecule has 0 unspecified atom stereocenters. The molecule has 0 aromatic rings. The highest BCUT2D eigenvalue weighted by molar-refractivity contribution is 5.82. The fourth-order valence-corrected chi connectivity index (χ4v) is 2.91. The first-order chi connectivity index (χ1) is 9.05. The maximum atomic E-state index is 11.8. The third-order valence-corrected chi connectivity index (χ3v) is 5.55. The second-order valence-electron chi connectivity index (χ2n) is 7.05. The molecular weight excluding hydrogens is 256 g/mol. The average molecular weight is 284 g/mol. The number of carbonyl (C=O) groups is 2. The number of rotatable bonds is 6. The SMILES string of the molecule is CC[C@H](C)[C@H](NC(=O)NCC1C(C)(C)C1(C)C)C(=O)O. The van der Waals surface area contributed by atoms with Gasteiger partial charge in [0.1, 0.15) is 6.04 Å². The van der Waals surface area contributed by atoms with Crippen LogP contribution < -0.4 is 10.6 Å². The summed E-state index contributed by atoms with van der Waals surface area (Å²) in [6, 6.07) is -1.23. The van der Waals surface area contributed by atoms with E-state index in [9.17, 15) is 9.59 Å². The normalized spacial score (nSPS) is 22.7. The number of nitrogens with one attached hydrogen (secondary N) is 2. The molecule has 2 amide bonds. The minimum Gasteiger partial charge on any atom is -0.480 e. The van der Waals surface area contributed by atoms with Gasteiger partial charge in [-0.05, 0) is 22.7 Å². The van der Waals surface area contributed by atoms with Crippen LogP contribution in [0.4, 0.5) is 4.79 Å². The predicted octanol–water partition coefficient (Wildman–Crippen LogP) is 2.47. The van der Waals surface area contributed by atoms with E-state index in [2.05, 4.69) is 38.3 Å². The molecule has 0 spiro atoms. The fourth-order valence-electron chi connectivity index (χ4n) is 2.91. The van der Waals surface area contributed by atoms with E-state index in [4.69, 9.17) is 5.11 Å². The largest absolute Gasteiger partial charge is 0.480 e. The van der Waals surface area contributed by atoms with Crippen molar-refractivity contribution in [3.63, 3.8) is 0 Å². The van der Waals surface area contributed by atoms with Crippen LogP contribution in [0, 0.1) is 22.7 Å². The lowest BCUT2D eigenvalue weighted by atomic mass is 9.99. The molecule has 0 aromatic heterocycles. The van der Waals surface area contributed by atoms with Crippen LogP contribution in [0.15, 0.2) is 0 Å². The van der Waals surface area contributed by atoms with Crippen LogP contribution >= 0.6 is 0 Å². The lowest BCUT2D eigenvalue weighted by Crippen LogP contribution is -2.49. The number of carboxylic acids is 1. The highest BCUT2D eigenvalue weighted by Crippen LogP contribution is 2.67. The summed E-state index contributed by atoms with van der Waals surface area (Å²) in [5, 5.41) is 14.5. The van der Waals surface area contributed by atoms with Crippen LogP contribution in [0.1, 0.15) is 48.0 Å². The molecule has 1 rings (SSSR count). The first-order valence-electron chi connectivity index (χ1n) is 7.32. The Morgan fingerprint density at radius 3 is 2.05 bits per heavy atom. The van der Waals surface area contributed by atoms with Gasteiger partial charge in [0.25, 0.3) is 0 Å². The number of urea groups is 1. The summed E-state index contributed by atoms with van der Waals surface area (Å²) >= 11 is 0. The van der Waals surface area contributed by atoms with E-state index in [-0.39, 0.29) is 16.7 Å². The molecule has 1 aliphatic rings. The van der Waals surface area contributed by atoms with Gasteiger partial charge in [-0.15, -0.1) is 0 Å². The molecule has 116 valence electrons. The smallest absolute Gasteiger partial charge is 0.326 e. The van der Waals surface area contributed by atoms with Gasteiger partial charge in [-0.2, -0.15) is 0 Å². The Balaban J connectivity index is 2.46. The minimum atomic E-state index is -0.985. The molecule has 20 heavy (non-hydrogen) atoms. The van der Waals surface area contributed by atoms with E-state index in [0.717, 1.165) is 0 Å². The minimum absolute atomic E-state index is 0.0907. The number of hydrogen-bond acceptors (Lipinski definition) is 2. The van der Waals surface area contributed by atoms with Crippen molar-refractivity contribution >= 4 is 12.0 Å². The molecule has 0 aliphatic heterocycles. The van der Waals surface area contributed by atoms with Gasteiger partial charge in [0.2, 0.25) is 0 Å². The molecular formula is C15H28N2O3. The zero-order chi connectivity index (χ0) is 15.7. The molecule has 5 nitrogen and oxygen atoms in total. The van der Waals surface area contributed by atoms with E-state index >= 15 is 0 Å². The summed E-state index contributed by atoms with van der Waals surface area (Å²) < 4.78 is 0. The second-order valence-corrected chi connectivity index (χ2v) is 7.05. The Hall–Kier alpha value is -1.26. The molecule has 0 aromatic carbocycles. The van der Waals surface area contributed by atoms with Gasteiger partial charge in [-0.25, -0.2) is 9.59 Å². The number of carboxylic acid groups (broad SMARTS) is 1.